The van der Waals surface area contributed by atoms with Crippen LogP contribution < -0.4 is 0 Å². The lowest BCUT2D eigenvalue weighted by Gasteiger charge is -2.20. The summed E-state index contributed by atoms with van der Waals surface area (Å²) < 4.78 is 5.20. The molecule has 0 aliphatic rings. The van der Waals surface area contributed by atoms with Gasteiger partial charge in [0.15, 0.2) is 0 Å². The van der Waals surface area contributed by atoms with E-state index in [1.165, 1.54) is 0 Å². The first kappa shape index (κ1) is 14.9. The smallest absolute Gasteiger partial charge is 0.338 e. The van der Waals surface area contributed by atoms with Crippen LogP contribution in [0.15, 0.2) is 30.3 Å². The molecule has 0 bridgehead atoms. The molecule has 4 heteroatoms. The number of carbonyl (C=O) groups excluding carboxylic acids is 2. The summed E-state index contributed by atoms with van der Waals surface area (Å²) in [4.78, 5) is 22.4. The predicted octanol–water partition coefficient (Wildman–Crippen LogP) is 3.08. The van der Waals surface area contributed by atoms with Gasteiger partial charge < -0.3 is 9.53 Å². The summed E-state index contributed by atoms with van der Waals surface area (Å²) in [7, 11) is 0. The third-order valence-electron chi connectivity index (χ3n) is 3.00. The van der Waals surface area contributed by atoms with Crippen molar-refractivity contribution in [1.29, 1.82) is 0 Å². The molecular weight excluding hydrogens is 296 g/mol. The highest BCUT2D eigenvalue weighted by molar-refractivity contribution is 9.09. The maximum absolute atomic E-state index is 11.7. The van der Waals surface area contributed by atoms with E-state index in [2.05, 4.69) is 15.9 Å². The van der Waals surface area contributed by atoms with Gasteiger partial charge in [-0.25, -0.2) is 4.79 Å². The minimum Gasteiger partial charge on any atom is -0.461 e. The third kappa shape index (κ3) is 4.26. The number of alkyl halides is 1. The van der Waals surface area contributed by atoms with Gasteiger partial charge in [-0.05, 0) is 18.1 Å². The summed E-state index contributed by atoms with van der Waals surface area (Å²) in [5.74, 6) is -0.290. The van der Waals surface area contributed by atoms with Gasteiger partial charge in [-0.3, -0.25) is 0 Å². The summed E-state index contributed by atoms with van der Waals surface area (Å²) in [6, 6.07) is 8.85. The van der Waals surface area contributed by atoms with Gasteiger partial charge in [0.1, 0.15) is 12.9 Å². The number of rotatable bonds is 6. The molecule has 1 aromatic rings. The number of esters is 1. The van der Waals surface area contributed by atoms with Gasteiger partial charge in [0, 0.05) is 5.92 Å². The maximum Gasteiger partial charge on any atom is 0.338 e. The molecule has 0 fully saturated rings. The van der Waals surface area contributed by atoms with Crippen LogP contribution in [-0.2, 0) is 9.53 Å². The standard InChI is InChI=1S/C14H17BrO3/c1-10(8-16)11(2)13(15)9-18-14(17)12-6-4-3-5-7-12/h3-8,10-11,13H,9H2,1-2H3/t10-,11-,13-/m0/s1. The number of halogens is 1. The van der Waals surface area contributed by atoms with Gasteiger partial charge in [0.2, 0.25) is 0 Å². The van der Waals surface area contributed by atoms with Crippen molar-refractivity contribution < 1.29 is 14.3 Å². The molecule has 0 saturated carbocycles. The summed E-state index contributed by atoms with van der Waals surface area (Å²) in [6.45, 7) is 4.06. The van der Waals surface area contributed by atoms with Crippen LogP contribution in [0.4, 0.5) is 0 Å². The highest BCUT2D eigenvalue weighted by Crippen LogP contribution is 2.20. The Morgan fingerprint density at radius 1 is 1.33 bits per heavy atom. The van der Waals surface area contributed by atoms with Crippen LogP contribution in [0, 0.1) is 11.8 Å². The van der Waals surface area contributed by atoms with Gasteiger partial charge in [0.25, 0.3) is 0 Å². The molecule has 1 aromatic carbocycles. The van der Waals surface area contributed by atoms with Crippen LogP contribution in [0.2, 0.25) is 0 Å². The molecule has 0 aliphatic carbocycles. The lowest BCUT2D eigenvalue weighted by Crippen LogP contribution is -2.25. The molecule has 0 N–H and O–H groups in total. The zero-order valence-corrected chi connectivity index (χ0v) is 12.1. The Morgan fingerprint density at radius 2 is 1.94 bits per heavy atom. The Balaban J connectivity index is 2.46. The number of carbonyl (C=O) groups is 2. The second kappa shape index (κ2) is 7.31. The molecule has 0 aliphatic heterocycles. The van der Waals surface area contributed by atoms with Crippen LogP contribution in [0.5, 0.6) is 0 Å². The van der Waals surface area contributed by atoms with E-state index in [1.807, 2.05) is 19.9 Å². The number of benzene rings is 1. The van der Waals surface area contributed by atoms with E-state index < -0.39 is 0 Å². The van der Waals surface area contributed by atoms with Crippen molar-refractivity contribution in [2.75, 3.05) is 6.61 Å². The fraction of sp³-hybridized carbons (Fsp3) is 0.429. The number of aldehydes is 1. The van der Waals surface area contributed by atoms with E-state index in [4.69, 9.17) is 4.74 Å². The van der Waals surface area contributed by atoms with Crippen LogP contribution in [0.25, 0.3) is 0 Å². The summed E-state index contributed by atoms with van der Waals surface area (Å²) >= 11 is 3.45. The second-order valence-electron chi connectivity index (χ2n) is 4.33. The second-order valence-corrected chi connectivity index (χ2v) is 5.51. The normalized spacial score (nSPS) is 15.5. The summed E-state index contributed by atoms with van der Waals surface area (Å²) in [5, 5.41) is 0. The molecule has 98 valence electrons. The van der Waals surface area contributed by atoms with Crippen molar-refractivity contribution >= 4 is 28.2 Å². The molecule has 0 heterocycles. The first-order valence-electron chi connectivity index (χ1n) is 5.87. The molecule has 0 unspecified atom stereocenters. The largest absolute Gasteiger partial charge is 0.461 e. The fourth-order valence-electron chi connectivity index (χ4n) is 1.42. The van der Waals surface area contributed by atoms with Crippen LogP contribution >= 0.6 is 15.9 Å². The Bertz CT molecular complexity index is 391. The molecule has 0 radical (unpaired) electrons. The minimum absolute atomic E-state index is 0.0228. The molecule has 0 spiro atoms. The molecule has 0 amide bonds. The van der Waals surface area contributed by atoms with Crippen molar-refractivity contribution in [2.45, 2.75) is 18.7 Å². The molecule has 1 rings (SSSR count). The Hall–Kier alpha value is -1.16. The first-order valence-corrected chi connectivity index (χ1v) is 6.79. The van der Waals surface area contributed by atoms with Crippen molar-refractivity contribution in [3.63, 3.8) is 0 Å². The van der Waals surface area contributed by atoms with E-state index >= 15 is 0 Å². The summed E-state index contributed by atoms with van der Waals surface area (Å²) in [6.07, 6.45) is 0.915. The molecular formula is C14H17BrO3. The molecule has 3 nitrogen and oxygen atoms in total. The predicted molar refractivity (Wildman–Crippen MR) is 73.8 cm³/mol. The zero-order valence-electron chi connectivity index (χ0n) is 10.5. The topological polar surface area (TPSA) is 43.4 Å². The van der Waals surface area contributed by atoms with Gasteiger partial charge in [0.05, 0.1) is 10.4 Å². The van der Waals surface area contributed by atoms with Crippen LogP contribution in [0.3, 0.4) is 0 Å². The van der Waals surface area contributed by atoms with E-state index in [-0.39, 0.29) is 29.2 Å². The Kier molecular flexibility index (Phi) is 6.05. The highest BCUT2D eigenvalue weighted by Gasteiger charge is 2.21. The molecule has 0 saturated heterocycles. The minimum atomic E-state index is -0.342. The highest BCUT2D eigenvalue weighted by atomic mass is 79.9. The van der Waals surface area contributed by atoms with Crippen molar-refractivity contribution in [3.8, 4) is 0 Å². The lowest BCUT2D eigenvalue weighted by molar-refractivity contribution is -0.111. The lowest BCUT2D eigenvalue weighted by atomic mass is 9.94. The monoisotopic (exact) mass is 312 g/mol. The maximum atomic E-state index is 11.7. The SMILES string of the molecule is C[C@@H]([C@@H](C)C=O)[C@@H](Br)COC(=O)c1ccccc1. The molecule has 18 heavy (non-hydrogen) atoms. The van der Waals surface area contributed by atoms with Crippen molar-refractivity contribution in [2.24, 2.45) is 11.8 Å². The van der Waals surface area contributed by atoms with Crippen LogP contribution in [-0.4, -0.2) is 23.7 Å². The van der Waals surface area contributed by atoms with E-state index in [0.29, 0.717) is 5.56 Å². The quantitative estimate of drug-likeness (QED) is 0.460. The zero-order chi connectivity index (χ0) is 13.5. The molecule has 3 atom stereocenters. The molecule has 0 aromatic heterocycles. The van der Waals surface area contributed by atoms with Crippen molar-refractivity contribution in [3.05, 3.63) is 35.9 Å². The summed E-state index contributed by atoms with van der Waals surface area (Å²) in [5.41, 5.74) is 0.535. The van der Waals surface area contributed by atoms with E-state index in [1.54, 1.807) is 24.3 Å². The number of hydrogen-bond donors (Lipinski definition) is 0. The average molecular weight is 313 g/mol. The Labute approximate surface area is 116 Å². The van der Waals surface area contributed by atoms with Gasteiger partial charge in [-0.15, -0.1) is 0 Å². The van der Waals surface area contributed by atoms with Gasteiger partial charge in [-0.2, -0.15) is 0 Å². The number of ether oxygens (including phenoxy) is 1. The van der Waals surface area contributed by atoms with Crippen molar-refractivity contribution in [1.82, 2.24) is 0 Å². The van der Waals surface area contributed by atoms with Crippen LogP contribution in [0.1, 0.15) is 24.2 Å². The average Bonchev–Trinajstić information content (AvgIpc) is 2.43. The number of hydrogen-bond acceptors (Lipinski definition) is 3. The van der Waals surface area contributed by atoms with Gasteiger partial charge in [-0.1, -0.05) is 48.0 Å². The first-order chi connectivity index (χ1) is 8.56. The fourth-order valence-corrected chi connectivity index (χ4v) is 2.03. The Morgan fingerprint density at radius 3 is 2.50 bits per heavy atom. The van der Waals surface area contributed by atoms with E-state index in [9.17, 15) is 9.59 Å². The third-order valence-corrected chi connectivity index (χ3v) is 4.10. The van der Waals surface area contributed by atoms with E-state index in [0.717, 1.165) is 6.29 Å². The van der Waals surface area contributed by atoms with Gasteiger partial charge >= 0.3 is 5.97 Å².